The fraction of sp³-hybridized carbons (Fsp3) is 0.400. The van der Waals surface area contributed by atoms with Crippen molar-refractivity contribution in [2.75, 3.05) is 12.8 Å². The molecule has 0 amide bonds. The summed E-state index contributed by atoms with van der Waals surface area (Å²) in [6.45, 7) is 0.703. The van der Waals surface area contributed by atoms with E-state index in [1.54, 1.807) is 12.5 Å². The molecule has 1 unspecified atom stereocenters. The first-order valence-corrected chi connectivity index (χ1v) is 3.90. The second-order valence-corrected chi connectivity index (χ2v) is 2.93. The largest absolute Gasteiger partial charge is 0.288 e. The molecule has 0 N–H and O–H groups in total. The van der Waals surface area contributed by atoms with E-state index in [2.05, 4.69) is 4.99 Å². The fourth-order valence-corrected chi connectivity index (χ4v) is 1.06. The standard InChI is InChI=1S/C5H7NOS/c1-8(7)5-2-3-6-4-5/h2,4H,3H2,1H3. The predicted molar refractivity (Wildman–Crippen MR) is 35.5 cm³/mol. The minimum absolute atomic E-state index is 0.703. The van der Waals surface area contributed by atoms with E-state index in [4.69, 9.17) is 0 Å². The average Bonchev–Trinajstić information content (AvgIpc) is 2.12. The molecule has 0 radical (unpaired) electrons. The molecular weight excluding hydrogens is 122 g/mol. The molecule has 1 atom stereocenters. The molecule has 0 aliphatic carbocycles. The van der Waals surface area contributed by atoms with Gasteiger partial charge in [0.15, 0.2) is 0 Å². The van der Waals surface area contributed by atoms with Crippen molar-refractivity contribution in [1.82, 2.24) is 0 Å². The van der Waals surface area contributed by atoms with Crippen LogP contribution in [0.15, 0.2) is 16.0 Å². The number of hydrogen-bond donors (Lipinski definition) is 0. The molecule has 0 fully saturated rings. The van der Waals surface area contributed by atoms with Gasteiger partial charge in [-0.3, -0.25) is 9.20 Å². The van der Waals surface area contributed by atoms with Gasteiger partial charge in [-0.1, -0.05) is 0 Å². The molecule has 0 saturated carbocycles. The second kappa shape index (κ2) is 2.22. The third-order valence-corrected chi connectivity index (χ3v) is 1.88. The van der Waals surface area contributed by atoms with Gasteiger partial charge >= 0.3 is 0 Å². The van der Waals surface area contributed by atoms with E-state index in [9.17, 15) is 4.21 Å². The highest BCUT2D eigenvalue weighted by molar-refractivity contribution is 7.89. The summed E-state index contributed by atoms with van der Waals surface area (Å²) in [7, 11) is -0.829. The van der Waals surface area contributed by atoms with Crippen LogP contribution in [0.5, 0.6) is 0 Å². The van der Waals surface area contributed by atoms with Crippen molar-refractivity contribution in [2.45, 2.75) is 0 Å². The molecule has 0 spiro atoms. The predicted octanol–water partition coefficient (Wildman–Crippen LogP) is 0.333. The number of allylic oxidation sites excluding steroid dienone is 1. The molecule has 3 heteroatoms. The van der Waals surface area contributed by atoms with Crippen molar-refractivity contribution in [3.8, 4) is 0 Å². The van der Waals surface area contributed by atoms with Crippen LogP contribution in [0.3, 0.4) is 0 Å². The zero-order valence-electron chi connectivity index (χ0n) is 4.63. The minimum atomic E-state index is -0.829. The van der Waals surface area contributed by atoms with Gasteiger partial charge in [-0.05, 0) is 6.08 Å². The molecule has 8 heavy (non-hydrogen) atoms. The zero-order valence-corrected chi connectivity index (χ0v) is 5.44. The van der Waals surface area contributed by atoms with E-state index >= 15 is 0 Å². The van der Waals surface area contributed by atoms with Gasteiger partial charge in [-0.25, -0.2) is 0 Å². The van der Waals surface area contributed by atoms with Gasteiger partial charge in [-0.2, -0.15) is 0 Å². The van der Waals surface area contributed by atoms with E-state index in [1.165, 1.54) is 0 Å². The number of rotatable bonds is 1. The normalized spacial score (nSPS) is 20.9. The third kappa shape index (κ3) is 1.04. The van der Waals surface area contributed by atoms with Crippen molar-refractivity contribution in [2.24, 2.45) is 4.99 Å². The van der Waals surface area contributed by atoms with Crippen LogP contribution in [0, 0.1) is 0 Å². The highest BCUT2D eigenvalue weighted by atomic mass is 32.2. The third-order valence-electron chi connectivity index (χ3n) is 0.948. The fourth-order valence-electron chi connectivity index (χ4n) is 0.530. The molecule has 1 aliphatic heterocycles. The summed E-state index contributed by atoms with van der Waals surface area (Å²) < 4.78 is 10.6. The van der Waals surface area contributed by atoms with E-state index in [1.807, 2.05) is 6.08 Å². The van der Waals surface area contributed by atoms with Crippen LogP contribution >= 0.6 is 0 Å². The first kappa shape index (κ1) is 5.69. The van der Waals surface area contributed by atoms with Gasteiger partial charge in [0.25, 0.3) is 0 Å². The summed E-state index contributed by atoms with van der Waals surface area (Å²) in [5.41, 5.74) is 0. The van der Waals surface area contributed by atoms with Gasteiger partial charge in [-0.15, -0.1) is 0 Å². The number of hydrogen-bond acceptors (Lipinski definition) is 2. The number of aliphatic imine (C=N–C) groups is 1. The lowest BCUT2D eigenvalue weighted by Gasteiger charge is -1.84. The highest BCUT2D eigenvalue weighted by Gasteiger charge is 2.00. The summed E-state index contributed by atoms with van der Waals surface area (Å²) in [5.74, 6) is 0. The Bertz CT molecular complexity index is 171. The minimum Gasteiger partial charge on any atom is -0.288 e. The second-order valence-electron chi connectivity index (χ2n) is 1.55. The molecule has 1 rings (SSSR count). The van der Waals surface area contributed by atoms with Crippen molar-refractivity contribution < 1.29 is 4.21 Å². The molecule has 2 nitrogen and oxygen atoms in total. The molecule has 44 valence electrons. The lowest BCUT2D eigenvalue weighted by atomic mass is 10.6. The van der Waals surface area contributed by atoms with E-state index in [-0.39, 0.29) is 0 Å². The Balaban J connectivity index is 2.72. The van der Waals surface area contributed by atoms with Crippen molar-refractivity contribution >= 4 is 17.0 Å². The molecule has 1 aliphatic rings. The first-order valence-electron chi connectivity index (χ1n) is 2.34. The molecule has 0 aromatic carbocycles. The summed E-state index contributed by atoms with van der Waals surface area (Å²) in [5, 5.41) is 0. The summed E-state index contributed by atoms with van der Waals surface area (Å²) in [6, 6.07) is 0. The van der Waals surface area contributed by atoms with Crippen LogP contribution in [-0.2, 0) is 10.8 Å². The van der Waals surface area contributed by atoms with Gasteiger partial charge in [0.1, 0.15) is 0 Å². The quantitative estimate of drug-likeness (QED) is 0.501. The Morgan fingerprint density at radius 3 is 2.88 bits per heavy atom. The van der Waals surface area contributed by atoms with Crippen molar-refractivity contribution in [3.63, 3.8) is 0 Å². The smallest absolute Gasteiger partial charge is 0.0585 e. The monoisotopic (exact) mass is 129 g/mol. The Labute approximate surface area is 50.8 Å². The molecule has 0 aromatic rings. The zero-order chi connectivity index (χ0) is 5.98. The SMILES string of the molecule is CS(=O)C1=CCN=C1. The van der Waals surface area contributed by atoms with Crippen LogP contribution in [0.4, 0.5) is 0 Å². The van der Waals surface area contributed by atoms with Crippen LogP contribution < -0.4 is 0 Å². The van der Waals surface area contributed by atoms with Gasteiger partial charge in [0.05, 0.1) is 22.2 Å². The Morgan fingerprint density at radius 1 is 1.88 bits per heavy atom. The topological polar surface area (TPSA) is 29.4 Å². The maximum absolute atomic E-state index is 10.6. The molecular formula is C5H7NOS. The Morgan fingerprint density at radius 2 is 2.62 bits per heavy atom. The summed E-state index contributed by atoms with van der Waals surface area (Å²) in [6.07, 6.45) is 5.19. The van der Waals surface area contributed by atoms with Crippen LogP contribution in [0.25, 0.3) is 0 Å². The molecule has 0 bridgehead atoms. The van der Waals surface area contributed by atoms with Gasteiger partial charge < -0.3 is 0 Å². The molecule has 0 saturated heterocycles. The van der Waals surface area contributed by atoms with Crippen molar-refractivity contribution in [1.29, 1.82) is 0 Å². The van der Waals surface area contributed by atoms with Crippen LogP contribution in [0.2, 0.25) is 0 Å². The molecule has 1 heterocycles. The maximum atomic E-state index is 10.6. The first-order chi connectivity index (χ1) is 3.80. The summed E-state index contributed by atoms with van der Waals surface area (Å²) >= 11 is 0. The van der Waals surface area contributed by atoms with E-state index < -0.39 is 10.8 Å². The van der Waals surface area contributed by atoms with E-state index in [0.29, 0.717) is 6.54 Å². The van der Waals surface area contributed by atoms with Gasteiger partial charge in [0, 0.05) is 12.5 Å². The highest BCUT2D eigenvalue weighted by Crippen LogP contribution is 2.00. The lowest BCUT2D eigenvalue weighted by molar-refractivity contribution is 0.691. The van der Waals surface area contributed by atoms with Crippen molar-refractivity contribution in [3.05, 3.63) is 11.0 Å². The summed E-state index contributed by atoms with van der Waals surface area (Å²) in [4.78, 5) is 4.73. The van der Waals surface area contributed by atoms with Crippen LogP contribution in [-0.4, -0.2) is 23.2 Å². The van der Waals surface area contributed by atoms with Crippen LogP contribution in [0.1, 0.15) is 0 Å². The maximum Gasteiger partial charge on any atom is 0.0585 e. The van der Waals surface area contributed by atoms with Gasteiger partial charge in [0.2, 0.25) is 0 Å². The number of nitrogens with zero attached hydrogens (tertiary/aromatic N) is 1. The Hall–Kier alpha value is -0.440. The van der Waals surface area contributed by atoms with E-state index in [0.717, 1.165) is 4.91 Å². The lowest BCUT2D eigenvalue weighted by Crippen LogP contribution is -1.88. The Kier molecular flexibility index (Phi) is 1.58. The molecule has 0 aromatic heterocycles. The average molecular weight is 129 g/mol.